The molecule has 1 aromatic carbocycles. The summed E-state index contributed by atoms with van der Waals surface area (Å²) >= 11 is 0.189. The van der Waals surface area contributed by atoms with Crippen LogP contribution in [0.3, 0.4) is 0 Å². The van der Waals surface area contributed by atoms with E-state index in [1.165, 1.54) is 18.7 Å². The van der Waals surface area contributed by atoms with Crippen molar-refractivity contribution < 1.29 is 19.1 Å². The average Bonchev–Trinajstić information content (AvgIpc) is 2.99. The van der Waals surface area contributed by atoms with Crippen LogP contribution >= 0.6 is 0 Å². The molecule has 0 aliphatic heterocycles. The number of esters is 2. The Bertz CT molecular complexity index is 611. The Balaban J connectivity index is 2.18. The van der Waals surface area contributed by atoms with Crippen molar-refractivity contribution in [1.82, 2.24) is 0 Å². The molecule has 1 aliphatic rings. The van der Waals surface area contributed by atoms with Crippen LogP contribution in [0.15, 0.2) is 54.0 Å². The molecular formula is C19H22O4Se. The van der Waals surface area contributed by atoms with Gasteiger partial charge in [0.2, 0.25) is 0 Å². The van der Waals surface area contributed by atoms with Crippen LogP contribution in [-0.2, 0) is 19.1 Å². The van der Waals surface area contributed by atoms with E-state index < -0.39 is 11.8 Å². The molecule has 5 heteroatoms. The van der Waals surface area contributed by atoms with Gasteiger partial charge in [-0.25, -0.2) is 0 Å². The van der Waals surface area contributed by atoms with Crippen LogP contribution in [0.25, 0.3) is 0 Å². The van der Waals surface area contributed by atoms with Gasteiger partial charge in [-0.05, 0) is 0 Å². The summed E-state index contributed by atoms with van der Waals surface area (Å²) in [7, 11) is 2.70. The molecule has 128 valence electrons. The van der Waals surface area contributed by atoms with Crippen LogP contribution in [0.1, 0.15) is 6.42 Å². The third kappa shape index (κ3) is 4.16. The summed E-state index contributed by atoms with van der Waals surface area (Å²) in [4.78, 5) is 26.5. The van der Waals surface area contributed by atoms with E-state index in [0.29, 0.717) is 6.42 Å². The number of benzene rings is 1. The molecule has 4 nitrogen and oxygen atoms in total. The van der Waals surface area contributed by atoms with Crippen LogP contribution in [-0.4, -0.2) is 41.1 Å². The number of ether oxygens (including phenoxy) is 2. The molecule has 24 heavy (non-hydrogen) atoms. The summed E-state index contributed by atoms with van der Waals surface area (Å²) in [6.45, 7) is 3.81. The third-order valence-corrected chi connectivity index (χ3v) is 6.13. The first-order valence-electron chi connectivity index (χ1n) is 7.79. The van der Waals surface area contributed by atoms with E-state index in [1.807, 2.05) is 24.3 Å². The Labute approximate surface area is 149 Å². The average molecular weight is 393 g/mol. The summed E-state index contributed by atoms with van der Waals surface area (Å²) in [5.74, 6) is -1.92. The molecule has 0 radical (unpaired) electrons. The van der Waals surface area contributed by atoms with Gasteiger partial charge in [-0.3, -0.25) is 0 Å². The van der Waals surface area contributed by atoms with Gasteiger partial charge in [0.05, 0.1) is 0 Å². The van der Waals surface area contributed by atoms with E-state index >= 15 is 0 Å². The van der Waals surface area contributed by atoms with Gasteiger partial charge in [0, 0.05) is 0 Å². The van der Waals surface area contributed by atoms with Gasteiger partial charge in [-0.2, -0.15) is 0 Å². The third-order valence-electron chi connectivity index (χ3n) is 4.38. The van der Waals surface area contributed by atoms with Gasteiger partial charge < -0.3 is 0 Å². The Kier molecular flexibility index (Phi) is 6.83. The van der Waals surface area contributed by atoms with Crippen molar-refractivity contribution in [2.24, 2.45) is 23.7 Å². The molecule has 1 saturated carbocycles. The minimum atomic E-state index is -0.529. The topological polar surface area (TPSA) is 52.6 Å². The molecule has 0 heterocycles. The van der Waals surface area contributed by atoms with E-state index in [0.717, 1.165) is 0 Å². The number of methoxy groups -OCH3 is 2. The number of hydrogen-bond acceptors (Lipinski definition) is 4. The quantitative estimate of drug-likeness (QED) is 0.421. The Morgan fingerprint density at radius 3 is 2.21 bits per heavy atom. The molecule has 0 bridgehead atoms. The Morgan fingerprint density at radius 1 is 1.08 bits per heavy atom. The number of allylic oxidation sites excluding steroid dienone is 2. The van der Waals surface area contributed by atoms with Crippen molar-refractivity contribution in [3.8, 4) is 0 Å². The summed E-state index contributed by atoms with van der Waals surface area (Å²) in [5, 5.41) is 0. The van der Waals surface area contributed by atoms with Crippen LogP contribution in [0.5, 0.6) is 0 Å². The summed E-state index contributed by atoms with van der Waals surface area (Å²) in [6.07, 6.45) is 4.49. The number of carbonyl (C=O) groups is 2. The normalized spacial score (nSPS) is 26.2. The van der Waals surface area contributed by atoms with Gasteiger partial charge in [0.1, 0.15) is 0 Å². The summed E-state index contributed by atoms with van der Waals surface area (Å²) in [6, 6.07) is 10.2. The SMILES string of the molecule is C=CC1CC(/C=C\[Se]c2ccccc2)C(C(=O)OC)C1C(=O)OC. The van der Waals surface area contributed by atoms with E-state index in [9.17, 15) is 9.59 Å². The number of rotatable bonds is 6. The number of carbonyl (C=O) groups excluding carboxylic acids is 2. The Hall–Kier alpha value is -1.84. The van der Waals surface area contributed by atoms with Gasteiger partial charge >= 0.3 is 149 Å². The van der Waals surface area contributed by atoms with Crippen molar-refractivity contribution in [2.75, 3.05) is 14.2 Å². The van der Waals surface area contributed by atoms with E-state index in [4.69, 9.17) is 9.47 Å². The molecule has 4 unspecified atom stereocenters. The first-order valence-corrected chi connectivity index (χ1v) is 9.63. The molecule has 0 N–H and O–H groups in total. The summed E-state index contributed by atoms with van der Waals surface area (Å²) < 4.78 is 11.1. The maximum atomic E-state index is 12.3. The van der Waals surface area contributed by atoms with Gasteiger partial charge in [-0.15, -0.1) is 0 Å². The first-order chi connectivity index (χ1) is 11.6. The molecular weight excluding hydrogens is 371 g/mol. The molecule has 2 rings (SSSR count). The van der Waals surface area contributed by atoms with Crippen LogP contribution < -0.4 is 4.46 Å². The fourth-order valence-electron chi connectivity index (χ4n) is 3.21. The van der Waals surface area contributed by atoms with Crippen molar-refractivity contribution in [3.05, 3.63) is 54.0 Å². The van der Waals surface area contributed by atoms with Crippen LogP contribution in [0, 0.1) is 23.7 Å². The molecule has 0 spiro atoms. The van der Waals surface area contributed by atoms with Gasteiger partial charge in [0.25, 0.3) is 0 Å². The standard InChI is InChI=1S/C19H22O4Se/c1-4-13-12-14(10-11-24-15-8-6-5-7-9-15)17(19(21)23-3)16(13)18(20)22-2/h4-11,13-14,16-17H,1,12H2,2-3H3/b11-10-. The molecule has 0 saturated heterocycles. The zero-order valence-corrected chi connectivity index (χ0v) is 15.6. The predicted octanol–water partition coefficient (Wildman–Crippen LogP) is 1.93. The molecule has 0 amide bonds. The monoisotopic (exact) mass is 394 g/mol. The Morgan fingerprint density at radius 2 is 1.67 bits per heavy atom. The minimum absolute atomic E-state index is 0.0462. The van der Waals surface area contributed by atoms with Crippen LogP contribution in [0.2, 0.25) is 0 Å². The van der Waals surface area contributed by atoms with Crippen molar-refractivity contribution >= 4 is 31.4 Å². The van der Waals surface area contributed by atoms with Crippen molar-refractivity contribution in [1.29, 1.82) is 0 Å². The van der Waals surface area contributed by atoms with Crippen molar-refractivity contribution in [3.63, 3.8) is 0 Å². The van der Waals surface area contributed by atoms with E-state index in [1.54, 1.807) is 6.08 Å². The number of hydrogen-bond donors (Lipinski definition) is 0. The van der Waals surface area contributed by atoms with Gasteiger partial charge in [-0.1, -0.05) is 0 Å². The molecule has 1 aliphatic carbocycles. The molecule has 4 atom stereocenters. The zero-order chi connectivity index (χ0) is 17.5. The van der Waals surface area contributed by atoms with Gasteiger partial charge in [0.15, 0.2) is 0 Å². The second kappa shape index (κ2) is 8.86. The van der Waals surface area contributed by atoms with E-state index in [2.05, 4.69) is 23.7 Å². The van der Waals surface area contributed by atoms with E-state index in [-0.39, 0.29) is 38.7 Å². The first kappa shape index (κ1) is 18.5. The fourth-order valence-corrected chi connectivity index (χ4v) is 4.79. The zero-order valence-electron chi connectivity index (χ0n) is 13.9. The summed E-state index contributed by atoms with van der Waals surface area (Å²) in [5.41, 5.74) is 0. The second-order valence-corrected chi connectivity index (χ2v) is 7.71. The molecule has 1 fully saturated rings. The predicted molar refractivity (Wildman–Crippen MR) is 93.8 cm³/mol. The van der Waals surface area contributed by atoms with Crippen LogP contribution in [0.4, 0.5) is 0 Å². The molecule has 1 aromatic rings. The second-order valence-electron chi connectivity index (χ2n) is 5.66. The molecule has 0 aromatic heterocycles. The fraction of sp³-hybridized carbons (Fsp3) is 0.368. The maximum absolute atomic E-state index is 12.3. The van der Waals surface area contributed by atoms with Crippen molar-refractivity contribution in [2.45, 2.75) is 6.42 Å².